The third-order valence-electron chi connectivity index (χ3n) is 3.69. The van der Waals surface area contributed by atoms with Crippen molar-refractivity contribution in [2.24, 2.45) is 0 Å². The molecule has 1 aliphatic rings. The molecule has 0 unspecified atom stereocenters. The zero-order valence-electron chi connectivity index (χ0n) is 12.4. The van der Waals surface area contributed by atoms with Crippen molar-refractivity contribution in [2.45, 2.75) is 45.1 Å². The SMILES string of the molecule is CCCNCc1sc(Cc2cccc(Cl)c2)nc1C1CC1. The molecule has 1 aromatic carbocycles. The Labute approximate surface area is 135 Å². The van der Waals surface area contributed by atoms with E-state index in [1.54, 1.807) is 0 Å². The van der Waals surface area contributed by atoms with Gasteiger partial charge in [0.25, 0.3) is 0 Å². The van der Waals surface area contributed by atoms with Crippen LogP contribution >= 0.6 is 22.9 Å². The lowest BCUT2D eigenvalue weighted by Gasteiger charge is -2.01. The molecule has 1 heterocycles. The molecule has 1 N–H and O–H groups in total. The number of rotatable bonds is 7. The van der Waals surface area contributed by atoms with Gasteiger partial charge in [-0.25, -0.2) is 4.98 Å². The maximum Gasteiger partial charge on any atom is 0.0975 e. The summed E-state index contributed by atoms with van der Waals surface area (Å²) >= 11 is 7.93. The van der Waals surface area contributed by atoms with Gasteiger partial charge in [-0.15, -0.1) is 11.3 Å². The second-order valence-corrected chi connectivity index (χ2v) is 7.28. The largest absolute Gasteiger partial charge is 0.312 e. The molecule has 1 aromatic heterocycles. The maximum atomic E-state index is 6.07. The minimum Gasteiger partial charge on any atom is -0.312 e. The first-order valence-electron chi connectivity index (χ1n) is 7.70. The molecule has 1 fully saturated rings. The van der Waals surface area contributed by atoms with Crippen LogP contribution in [0.3, 0.4) is 0 Å². The summed E-state index contributed by atoms with van der Waals surface area (Å²) in [5, 5.41) is 5.53. The molecule has 0 aliphatic heterocycles. The molecule has 0 amide bonds. The highest BCUT2D eigenvalue weighted by Gasteiger charge is 2.29. The summed E-state index contributed by atoms with van der Waals surface area (Å²) in [6, 6.07) is 8.09. The van der Waals surface area contributed by atoms with Gasteiger partial charge in [0.15, 0.2) is 0 Å². The van der Waals surface area contributed by atoms with Gasteiger partial charge in [0, 0.05) is 28.8 Å². The zero-order chi connectivity index (χ0) is 14.7. The summed E-state index contributed by atoms with van der Waals surface area (Å²) in [6.07, 6.45) is 4.67. The van der Waals surface area contributed by atoms with Crippen LogP contribution in [0.15, 0.2) is 24.3 Å². The van der Waals surface area contributed by atoms with Crippen LogP contribution in [0.1, 0.15) is 53.2 Å². The highest BCUT2D eigenvalue weighted by molar-refractivity contribution is 7.11. The number of nitrogens with zero attached hydrogens (tertiary/aromatic N) is 1. The van der Waals surface area contributed by atoms with Crippen molar-refractivity contribution in [2.75, 3.05) is 6.54 Å². The lowest BCUT2D eigenvalue weighted by atomic mass is 10.1. The fourth-order valence-corrected chi connectivity index (χ4v) is 3.86. The number of hydrogen-bond acceptors (Lipinski definition) is 3. The van der Waals surface area contributed by atoms with Gasteiger partial charge in [0.1, 0.15) is 0 Å². The topological polar surface area (TPSA) is 24.9 Å². The van der Waals surface area contributed by atoms with E-state index in [0.717, 1.165) is 24.5 Å². The number of aromatic nitrogens is 1. The molecule has 21 heavy (non-hydrogen) atoms. The van der Waals surface area contributed by atoms with E-state index in [-0.39, 0.29) is 0 Å². The molecule has 0 saturated heterocycles. The molecule has 0 spiro atoms. The summed E-state index contributed by atoms with van der Waals surface area (Å²) in [7, 11) is 0. The van der Waals surface area contributed by atoms with Crippen molar-refractivity contribution >= 4 is 22.9 Å². The summed E-state index contributed by atoms with van der Waals surface area (Å²) < 4.78 is 0. The van der Waals surface area contributed by atoms with Gasteiger partial charge < -0.3 is 5.32 Å². The van der Waals surface area contributed by atoms with Crippen molar-refractivity contribution in [3.63, 3.8) is 0 Å². The maximum absolute atomic E-state index is 6.07. The quantitative estimate of drug-likeness (QED) is 0.744. The Morgan fingerprint density at radius 3 is 2.95 bits per heavy atom. The number of nitrogens with one attached hydrogen (secondary N) is 1. The molecule has 1 aliphatic carbocycles. The fourth-order valence-electron chi connectivity index (χ4n) is 2.49. The van der Waals surface area contributed by atoms with Crippen LogP contribution in [0.4, 0.5) is 0 Å². The van der Waals surface area contributed by atoms with Gasteiger partial charge in [0.05, 0.1) is 10.7 Å². The van der Waals surface area contributed by atoms with Gasteiger partial charge >= 0.3 is 0 Å². The standard InChI is InChI=1S/C17H21ClN2S/c1-2-8-19-11-15-17(13-6-7-13)20-16(21-15)10-12-4-3-5-14(18)9-12/h3-5,9,13,19H,2,6-8,10-11H2,1H3. The zero-order valence-corrected chi connectivity index (χ0v) is 13.9. The first kappa shape index (κ1) is 15.0. The molecular weight excluding hydrogens is 300 g/mol. The smallest absolute Gasteiger partial charge is 0.0975 e. The fraction of sp³-hybridized carbons (Fsp3) is 0.471. The molecule has 2 aromatic rings. The van der Waals surface area contributed by atoms with E-state index in [4.69, 9.17) is 16.6 Å². The van der Waals surface area contributed by atoms with Crippen LogP contribution in [-0.2, 0) is 13.0 Å². The predicted octanol–water partition coefficient (Wildman–Crippen LogP) is 4.76. The first-order chi connectivity index (χ1) is 10.3. The summed E-state index contributed by atoms with van der Waals surface area (Å²) in [5.41, 5.74) is 2.59. The number of halogens is 1. The van der Waals surface area contributed by atoms with E-state index >= 15 is 0 Å². The molecule has 0 bridgehead atoms. The average molecular weight is 321 g/mol. The molecule has 0 radical (unpaired) electrons. The van der Waals surface area contributed by atoms with Gasteiger partial charge in [-0.3, -0.25) is 0 Å². The number of hydrogen-bond donors (Lipinski definition) is 1. The van der Waals surface area contributed by atoms with E-state index in [9.17, 15) is 0 Å². The Kier molecular flexibility index (Phi) is 4.94. The van der Waals surface area contributed by atoms with Crippen molar-refractivity contribution in [1.29, 1.82) is 0 Å². The molecule has 4 heteroatoms. The van der Waals surface area contributed by atoms with Crippen LogP contribution in [-0.4, -0.2) is 11.5 Å². The first-order valence-corrected chi connectivity index (χ1v) is 8.89. The second kappa shape index (κ2) is 6.91. The molecule has 2 nitrogen and oxygen atoms in total. The molecular formula is C17H21ClN2S. The van der Waals surface area contributed by atoms with E-state index in [1.807, 2.05) is 29.5 Å². The van der Waals surface area contributed by atoms with Gasteiger partial charge in [-0.05, 0) is 43.5 Å². The normalized spacial score (nSPS) is 14.6. The van der Waals surface area contributed by atoms with Gasteiger partial charge in [-0.2, -0.15) is 0 Å². The van der Waals surface area contributed by atoms with Gasteiger partial charge in [0.2, 0.25) is 0 Å². The van der Waals surface area contributed by atoms with E-state index < -0.39 is 0 Å². The Hall–Kier alpha value is -0.900. The Morgan fingerprint density at radius 2 is 2.24 bits per heavy atom. The lowest BCUT2D eigenvalue weighted by Crippen LogP contribution is -2.13. The van der Waals surface area contributed by atoms with Crippen LogP contribution in [0.25, 0.3) is 0 Å². The Morgan fingerprint density at radius 1 is 1.38 bits per heavy atom. The number of thiazole rings is 1. The van der Waals surface area contributed by atoms with Crippen molar-refractivity contribution < 1.29 is 0 Å². The monoisotopic (exact) mass is 320 g/mol. The lowest BCUT2D eigenvalue weighted by molar-refractivity contribution is 0.676. The van der Waals surface area contributed by atoms with Crippen LogP contribution < -0.4 is 5.32 Å². The second-order valence-electron chi connectivity index (χ2n) is 5.67. The average Bonchev–Trinajstić information content (AvgIpc) is 3.22. The van der Waals surface area contributed by atoms with Crippen molar-refractivity contribution in [1.82, 2.24) is 10.3 Å². The minimum absolute atomic E-state index is 0.716. The molecule has 1 saturated carbocycles. The van der Waals surface area contributed by atoms with Crippen LogP contribution in [0.2, 0.25) is 5.02 Å². The van der Waals surface area contributed by atoms with Gasteiger partial charge in [-0.1, -0.05) is 30.7 Å². The number of benzene rings is 1. The summed E-state index contributed by atoms with van der Waals surface area (Å²) in [4.78, 5) is 6.34. The molecule has 112 valence electrons. The Bertz CT molecular complexity index is 605. The van der Waals surface area contributed by atoms with Crippen LogP contribution in [0.5, 0.6) is 0 Å². The minimum atomic E-state index is 0.716. The predicted molar refractivity (Wildman–Crippen MR) is 90.3 cm³/mol. The van der Waals surface area contributed by atoms with E-state index in [1.165, 1.54) is 40.4 Å². The highest BCUT2D eigenvalue weighted by atomic mass is 35.5. The molecule has 0 atom stereocenters. The summed E-state index contributed by atoms with van der Waals surface area (Å²) in [5.74, 6) is 0.716. The molecule has 3 rings (SSSR count). The third kappa shape index (κ3) is 4.06. The van der Waals surface area contributed by atoms with Crippen molar-refractivity contribution in [3.8, 4) is 0 Å². The highest BCUT2D eigenvalue weighted by Crippen LogP contribution is 2.42. The van der Waals surface area contributed by atoms with E-state index in [2.05, 4.69) is 18.3 Å². The third-order valence-corrected chi connectivity index (χ3v) is 5.00. The van der Waals surface area contributed by atoms with Crippen molar-refractivity contribution in [3.05, 3.63) is 50.4 Å². The van der Waals surface area contributed by atoms with Crippen LogP contribution in [0, 0.1) is 0 Å². The van der Waals surface area contributed by atoms with E-state index in [0.29, 0.717) is 5.92 Å². The summed E-state index contributed by atoms with van der Waals surface area (Å²) in [6.45, 7) is 4.24. The Balaban J connectivity index is 1.74.